The van der Waals surface area contributed by atoms with Crippen LogP contribution in [0.15, 0.2) is 162 Å². The normalized spacial score (nSPS) is 17.3. The summed E-state index contributed by atoms with van der Waals surface area (Å²) in [4.78, 5) is 0. The molecule has 1 heteroatoms. The third kappa shape index (κ3) is 3.72. The van der Waals surface area contributed by atoms with Crippen molar-refractivity contribution in [2.75, 3.05) is 0 Å². The molecule has 0 radical (unpaired) electrons. The Hall–Kier alpha value is -5.66. The summed E-state index contributed by atoms with van der Waals surface area (Å²) in [5.41, 5.74) is -0.960. The van der Waals surface area contributed by atoms with E-state index < -0.39 is 125 Å². The predicted molar refractivity (Wildman–Crippen MR) is 183 cm³/mol. The van der Waals surface area contributed by atoms with E-state index in [2.05, 4.69) is 0 Å². The zero-order valence-corrected chi connectivity index (χ0v) is 22.1. The molecule has 0 N–H and O–H groups in total. The van der Waals surface area contributed by atoms with E-state index in [-0.39, 0.29) is 32.7 Å². The van der Waals surface area contributed by atoms with Crippen LogP contribution >= 0.6 is 0 Å². The summed E-state index contributed by atoms with van der Waals surface area (Å²) in [6, 6.07) is 3.60. The zero-order valence-electron chi connectivity index (χ0n) is 39.1. The number of furan rings is 1. The molecule has 8 aromatic carbocycles. The Labute approximate surface area is 273 Å². The predicted octanol–water partition coefficient (Wildman–Crippen LogP) is 12.0. The second-order valence-corrected chi connectivity index (χ2v) is 9.97. The third-order valence-electron chi connectivity index (χ3n) is 7.65. The second-order valence-electron chi connectivity index (χ2n) is 9.97. The van der Waals surface area contributed by atoms with Crippen LogP contribution in [-0.2, 0) is 0 Å². The molecule has 0 aliphatic rings. The Kier molecular flexibility index (Phi) is 2.79. The van der Waals surface area contributed by atoms with Gasteiger partial charge in [0.1, 0.15) is 11.2 Å². The van der Waals surface area contributed by atoms with Gasteiger partial charge in [-0.3, -0.25) is 0 Å². The molecule has 0 unspecified atom stereocenters. The molecular formula is C42H26O. The van der Waals surface area contributed by atoms with Gasteiger partial charge in [-0.25, -0.2) is 0 Å². The molecule has 0 saturated carbocycles. The molecule has 1 heterocycles. The molecule has 0 atom stereocenters. The van der Waals surface area contributed by atoms with E-state index in [9.17, 15) is 8.22 Å². The Morgan fingerprint density at radius 2 is 0.953 bits per heavy atom. The smallest absolute Gasteiger partial charge is 0.136 e. The molecule has 0 amide bonds. The molecule has 9 rings (SSSR count). The van der Waals surface area contributed by atoms with Crippen LogP contribution < -0.4 is 0 Å². The van der Waals surface area contributed by atoms with Crippen molar-refractivity contribution in [3.63, 3.8) is 0 Å². The van der Waals surface area contributed by atoms with Gasteiger partial charge in [-0.2, -0.15) is 0 Å². The van der Waals surface area contributed by atoms with Gasteiger partial charge in [-0.15, -0.1) is 0 Å². The average molecular weight is 564 g/mol. The van der Waals surface area contributed by atoms with Crippen molar-refractivity contribution in [1.29, 1.82) is 0 Å². The van der Waals surface area contributed by atoms with Crippen molar-refractivity contribution in [2.45, 2.75) is 0 Å². The van der Waals surface area contributed by atoms with Crippen molar-refractivity contribution in [3.8, 4) is 33.4 Å². The molecule has 0 aliphatic carbocycles. The highest BCUT2D eigenvalue weighted by Gasteiger charge is 2.18. The maximum Gasteiger partial charge on any atom is 0.136 e. The first-order chi connectivity index (χ1) is 28.4. The van der Waals surface area contributed by atoms with Crippen LogP contribution in [0.4, 0.5) is 0 Å². The van der Waals surface area contributed by atoms with Gasteiger partial charge in [0.2, 0.25) is 0 Å². The molecule has 1 nitrogen and oxygen atoms in total. The lowest BCUT2D eigenvalue weighted by Gasteiger charge is -2.18. The van der Waals surface area contributed by atoms with Crippen molar-refractivity contribution in [1.82, 2.24) is 0 Å². The van der Waals surface area contributed by atoms with Gasteiger partial charge in [-0.05, 0) is 83.9 Å². The Morgan fingerprint density at radius 3 is 1.65 bits per heavy atom. The summed E-state index contributed by atoms with van der Waals surface area (Å²) in [5, 5.41) is 1.96. The SMILES string of the molecule is [2H]c1c([2H])c([2H])c(-c2c([2H])c([2H])c(-c3c4c([2H])c([2H])c([2H])c([2H])c4c(-c4ccc5oc6ccc7ccccc7c6c5c4)c4c([2H])c([2H])c([2H])c([2H])c34)c([2H])c2[2H])c([2H])c1[2H]. The Balaban J connectivity index is 1.51. The van der Waals surface area contributed by atoms with E-state index in [1.807, 2.05) is 36.4 Å². The van der Waals surface area contributed by atoms with Crippen LogP contribution in [0.25, 0.3) is 87.6 Å². The number of hydrogen-bond acceptors (Lipinski definition) is 1. The van der Waals surface area contributed by atoms with Crippen LogP contribution in [0.3, 0.4) is 0 Å². The topological polar surface area (TPSA) is 13.1 Å². The summed E-state index contributed by atoms with van der Waals surface area (Å²) < 4.78 is 157. The first-order valence-electron chi connectivity index (χ1n) is 21.9. The van der Waals surface area contributed by atoms with Crippen molar-refractivity contribution in [2.24, 2.45) is 0 Å². The van der Waals surface area contributed by atoms with Crippen LogP contribution in [0, 0.1) is 0 Å². The lowest BCUT2D eigenvalue weighted by molar-refractivity contribution is 0.669. The number of fused-ring (bicyclic) bond motifs is 7. The number of hydrogen-bond donors (Lipinski definition) is 0. The molecule has 200 valence electrons. The standard InChI is InChI=1S/C42H26O/c1-2-10-27(11-3-1)28-18-20-30(21-19-28)40-33-14-6-8-16-35(33)41(36-17-9-7-15-34(36)40)31-23-24-38-37(26-31)42-32-13-5-4-12-29(32)22-25-39(42)43-38/h1-26H/i1D,2D,3D,6D,7D,8D,9D,10D,11D,14D,15D,16D,17D,18D,19D,20D,21D. The van der Waals surface area contributed by atoms with E-state index >= 15 is 0 Å². The molecule has 0 aliphatic heterocycles. The largest absolute Gasteiger partial charge is 0.456 e. The summed E-state index contributed by atoms with van der Waals surface area (Å²) in [6.07, 6.45) is 0. The fraction of sp³-hybridized carbons (Fsp3) is 0. The van der Waals surface area contributed by atoms with Crippen LogP contribution in [-0.4, -0.2) is 0 Å². The number of rotatable bonds is 3. The average Bonchev–Trinajstić information content (AvgIpc) is 3.63. The van der Waals surface area contributed by atoms with E-state index in [1.165, 1.54) is 0 Å². The van der Waals surface area contributed by atoms with E-state index in [0.29, 0.717) is 16.6 Å². The quantitative estimate of drug-likeness (QED) is 0.195. The molecule has 1 aromatic heterocycles. The van der Waals surface area contributed by atoms with E-state index in [1.54, 1.807) is 18.2 Å². The fourth-order valence-electron chi connectivity index (χ4n) is 5.80. The summed E-state index contributed by atoms with van der Waals surface area (Å²) in [6.45, 7) is 0. The Morgan fingerprint density at radius 1 is 0.395 bits per heavy atom. The Bertz CT molecular complexity index is 3320. The van der Waals surface area contributed by atoms with Gasteiger partial charge < -0.3 is 4.42 Å². The minimum absolute atomic E-state index is 0.00904. The minimum Gasteiger partial charge on any atom is -0.456 e. The van der Waals surface area contributed by atoms with Crippen LogP contribution in [0.2, 0.25) is 0 Å². The highest BCUT2D eigenvalue weighted by atomic mass is 16.3. The fourth-order valence-corrected chi connectivity index (χ4v) is 5.80. The molecule has 43 heavy (non-hydrogen) atoms. The van der Waals surface area contributed by atoms with Gasteiger partial charge in [0.05, 0.1) is 23.3 Å². The summed E-state index contributed by atoms with van der Waals surface area (Å²) >= 11 is 0. The summed E-state index contributed by atoms with van der Waals surface area (Å²) in [5.74, 6) is 0. The molecule has 0 fully saturated rings. The molecule has 0 bridgehead atoms. The van der Waals surface area contributed by atoms with Gasteiger partial charge >= 0.3 is 0 Å². The highest BCUT2D eigenvalue weighted by Crippen LogP contribution is 2.45. The minimum atomic E-state index is -0.860. The molecule has 0 saturated heterocycles. The first-order valence-corrected chi connectivity index (χ1v) is 13.4. The molecule has 0 spiro atoms. The lowest BCUT2D eigenvalue weighted by atomic mass is 9.85. The lowest BCUT2D eigenvalue weighted by Crippen LogP contribution is -1.91. The zero-order chi connectivity index (χ0) is 43.1. The highest BCUT2D eigenvalue weighted by molar-refractivity contribution is 6.23. The first kappa shape index (κ1) is 12.7. The maximum absolute atomic E-state index is 9.34. The monoisotopic (exact) mass is 563 g/mol. The van der Waals surface area contributed by atoms with Crippen molar-refractivity contribution >= 4 is 54.3 Å². The van der Waals surface area contributed by atoms with Crippen LogP contribution in [0.1, 0.15) is 23.3 Å². The maximum atomic E-state index is 9.34. The van der Waals surface area contributed by atoms with Gasteiger partial charge in [0.25, 0.3) is 0 Å². The third-order valence-corrected chi connectivity index (χ3v) is 7.65. The molecule has 9 aromatic rings. The van der Waals surface area contributed by atoms with E-state index in [4.69, 9.17) is 19.5 Å². The van der Waals surface area contributed by atoms with E-state index in [0.717, 1.165) is 16.2 Å². The number of benzene rings is 8. The van der Waals surface area contributed by atoms with Crippen LogP contribution in [0.5, 0.6) is 0 Å². The second kappa shape index (κ2) is 9.44. The van der Waals surface area contributed by atoms with Gasteiger partial charge in [-0.1, -0.05) is 139 Å². The molecular weight excluding hydrogens is 520 g/mol. The van der Waals surface area contributed by atoms with Gasteiger partial charge in [0, 0.05) is 10.8 Å². The van der Waals surface area contributed by atoms with Crippen molar-refractivity contribution < 1.29 is 27.7 Å². The summed E-state index contributed by atoms with van der Waals surface area (Å²) in [7, 11) is 0. The van der Waals surface area contributed by atoms with Crippen molar-refractivity contribution in [3.05, 3.63) is 157 Å². The van der Waals surface area contributed by atoms with Gasteiger partial charge in [0.15, 0.2) is 0 Å².